The van der Waals surface area contributed by atoms with E-state index in [4.69, 9.17) is 9.26 Å². The molecule has 8 nitrogen and oxygen atoms in total. The number of esters is 1. The van der Waals surface area contributed by atoms with Gasteiger partial charge in [-0.2, -0.15) is 0 Å². The van der Waals surface area contributed by atoms with Gasteiger partial charge in [0.25, 0.3) is 5.91 Å². The fraction of sp³-hybridized carbons (Fsp3) is 0.550. The molecule has 1 unspecified atom stereocenters. The number of thioether (sulfide) groups is 1. The Kier molecular flexibility index (Phi) is 8.63. The Hall–Kier alpha value is -2.42. The molecule has 0 bridgehead atoms. The Balaban J connectivity index is 1.98. The van der Waals surface area contributed by atoms with Gasteiger partial charge in [0.05, 0.1) is 0 Å². The van der Waals surface area contributed by atoms with Gasteiger partial charge in [0.1, 0.15) is 5.76 Å². The minimum Gasteiger partial charge on any atom is -0.452 e. The van der Waals surface area contributed by atoms with Crippen LogP contribution in [0.15, 0.2) is 15.7 Å². The molecule has 158 valence electrons. The molecule has 1 atom stereocenters. The van der Waals surface area contributed by atoms with Crippen LogP contribution in [0.4, 0.5) is 5.82 Å². The van der Waals surface area contributed by atoms with Gasteiger partial charge in [-0.1, -0.05) is 30.3 Å². The first-order chi connectivity index (χ1) is 13.8. The Bertz CT molecular complexity index is 830. The van der Waals surface area contributed by atoms with E-state index < -0.39 is 18.0 Å². The van der Waals surface area contributed by atoms with E-state index in [2.05, 4.69) is 20.4 Å². The van der Waals surface area contributed by atoms with Crippen molar-refractivity contribution in [2.24, 2.45) is 0 Å². The number of nitrogens with zero attached hydrogens (tertiary/aromatic N) is 3. The molecule has 0 aliphatic heterocycles. The van der Waals surface area contributed by atoms with Crippen LogP contribution in [-0.2, 0) is 20.7 Å². The summed E-state index contributed by atoms with van der Waals surface area (Å²) in [5.41, 5.74) is 2.65. The van der Waals surface area contributed by atoms with E-state index in [0.29, 0.717) is 29.6 Å². The molecule has 0 saturated carbocycles. The Labute approximate surface area is 175 Å². The van der Waals surface area contributed by atoms with Gasteiger partial charge in [0.2, 0.25) is 0 Å². The molecule has 0 saturated heterocycles. The van der Waals surface area contributed by atoms with Crippen LogP contribution in [0.3, 0.4) is 0 Å². The molecular formula is C20H28N4O4S. The molecule has 2 heterocycles. The summed E-state index contributed by atoms with van der Waals surface area (Å²) in [4.78, 5) is 33.8. The highest BCUT2D eigenvalue weighted by Gasteiger charge is 2.24. The lowest BCUT2D eigenvalue weighted by atomic mass is 10.1. The predicted molar refractivity (Wildman–Crippen MR) is 111 cm³/mol. The molecule has 0 aliphatic carbocycles. The van der Waals surface area contributed by atoms with E-state index >= 15 is 0 Å². The van der Waals surface area contributed by atoms with Gasteiger partial charge in [-0.3, -0.25) is 9.59 Å². The number of nitrogens with one attached hydrogen (secondary N) is 1. The molecule has 0 aliphatic rings. The summed E-state index contributed by atoms with van der Waals surface area (Å²) < 4.78 is 10.4. The number of amides is 1. The maximum absolute atomic E-state index is 12.5. The molecule has 9 heteroatoms. The average molecular weight is 421 g/mol. The van der Waals surface area contributed by atoms with Gasteiger partial charge >= 0.3 is 5.97 Å². The van der Waals surface area contributed by atoms with E-state index in [1.165, 1.54) is 11.8 Å². The maximum atomic E-state index is 12.5. The normalized spacial score (nSPS) is 11.9. The van der Waals surface area contributed by atoms with Crippen LogP contribution in [0.5, 0.6) is 0 Å². The standard InChI is InChI=1S/C20H28N4O4S/c1-6-7-8-16(19(26)23-17-11-12(2)28-24-17)27-18(25)10-9-15-13(3)21-20(29-5)22-14(15)4/h11,16H,6-10H2,1-5H3,(H,23,24,26). The number of aromatic nitrogens is 3. The third-order valence-corrected chi connectivity index (χ3v) is 4.97. The van der Waals surface area contributed by atoms with Gasteiger partial charge in [0, 0.05) is 23.9 Å². The number of unbranched alkanes of at least 4 members (excludes halogenated alkanes) is 1. The van der Waals surface area contributed by atoms with Gasteiger partial charge in [-0.05, 0) is 51.9 Å². The van der Waals surface area contributed by atoms with E-state index in [-0.39, 0.29) is 6.42 Å². The van der Waals surface area contributed by atoms with E-state index in [0.717, 1.165) is 29.8 Å². The maximum Gasteiger partial charge on any atom is 0.306 e. The fourth-order valence-electron chi connectivity index (χ4n) is 2.87. The van der Waals surface area contributed by atoms with Crippen molar-refractivity contribution in [3.05, 3.63) is 28.8 Å². The van der Waals surface area contributed by atoms with Gasteiger partial charge < -0.3 is 14.6 Å². The third-order valence-electron chi connectivity index (χ3n) is 4.43. The Morgan fingerprint density at radius 3 is 2.48 bits per heavy atom. The van der Waals surface area contributed by atoms with Crippen LogP contribution in [0.25, 0.3) is 0 Å². The van der Waals surface area contributed by atoms with Crippen LogP contribution >= 0.6 is 11.8 Å². The van der Waals surface area contributed by atoms with Crippen molar-refractivity contribution in [2.45, 2.75) is 71.1 Å². The van der Waals surface area contributed by atoms with Crippen molar-refractivity contribution in [3.8, 4) is 0 Å². The number of anilines is 1. The van der Waals surface area contributed by atoms with Crippen molar-refractivity contribution in [1.82, 2.24) is 15.1 Å². The molecule has 2 aromatic heterocycles. The second-order valence-electron chi connectivity index (χ2n) is 6.79. The van der Waals surface area contributed by atoms with Crippen LogP contribution < -0.4 is 5.32 Å². The number of aryl methyl sites for hydroxylation is 3. The van der Waals surface area contributed by atoms with E-state index in [1.54, 1.807) is 13.0 Å². The summed E-state index contributed by atoms with van der Waals surface area (Å²) >= 11 is 1.48. The largest absolute Gasteiger partial charge is 0.452 e. The SMILES string of the molecule is CCCCC(OC(=O)CCc1c(C)nc(SC)nc1C)C(=O)Nc1cc(C)on1. The van der Waals surface area contributed by atoms with Crippen molar-refractivity contribution in [1.29, 1.82) is 0 Å². The quantitative estimate of drug-likeness (QED) is 0.351. The molecule has 2 aromatic rings. The van der Waals surface area contributed by atoms with Crippen LogP contribution in [0.1, 0.15) is 55.3 Å². The topological polar surface area (TPSA) is 107 Å². The molecule has 2 rings (SSSR count). The van der Waals surface area contributed by atoms with Crippen LogP contribution in [0, 0.1) is 20.8 Å². The van der Waals surface area contributed by atoms with Crippen LogP contribution in [-0.4, -0.2) is 39.4 Å². The zero-order valence-corrected chi connectivity index (χ0v) is 18.4. The molecule has 0 radical (unpaired) electrons. The number of ether oxygens (including phenoxy) is 1. The lowest BCUT2D eigenvalue weighted by molar-refractivity contribution is -0.154. The van der Waals surface area contributed by atoms with Crippen molar-refractivity contribution in [3.63, 3.8) is 0 Å². The number of carbonyl (C=O) groups excluding carboxylic acids is 2. The zero-order chi connectivity index (χ0) is 21.4. The van der Waals surface area contributed by atoms with Gasteiger partial charge in [-0.25, -0.2) is 9.97 Å². The molecule has 1 N–H and O–H groups in total. The lowest BCUT2D eigenvalue weighted by Crippen LogP contribution is -2.32. The minimum atomic E-state index is -0.864. The van der Waals surface area contributed by atoms with Crippen molar-refractivity contribution >= 4 is 29.5 Å². The Morgan fingerprint density at radius 2 is 1.93 bits per heavy atom. The predicted octanol–water partition coefficient (Wildman–Crippen LogP) is 3.79. The molecule has 1 amide bonds. The summed E-state index contributed by atoms with van der Waals surface area (Å²) in [6, 6.07) is 1.61. The number of carbonyl (C=O) groups is 2. The highest BCUT2D eigenvalue weighted by atomic mass is 32.2. The lowest BCUT2D eigenvalue weighted by Gasteiger charge is -2.17. The summed E-state index contributed by atoms with van der Waals surface area (Å²) in [7, 11) is 0. The third kappa shape index (κ3) is 6.85. The monoisotopic (exact) mass is 420 g/mol. The second kappa shape index (κ2) is 10.9. The highest BCUT2D eigenvalue weighted by molar-refractivity contribution is 7.98. The van der Waals surface area contributed by atoms with E-state index in [9.17, 15) is 9.59 Å². The van der Waals surface area contributed by atoms with E-state index in [1.807, 2.05) is 27.0 Å². The minimum absolute atomic E-state index is 0.155. The molecule has 0 fully saturated rings. The molecule has 0 spiro atoms. The van der Waals surface area contributed by atoms with Gasteiger partial charge in [0.15, 0.2) is 17.1 Å². The fourth-order valence-corrected chi connectivity index (χ4v) is 3.33. The van der Waals surface area contributed by atoms with Crippen LogP contribution in [0.2, 0.25) is 0 Å². The summed E-state index contributed by atoms with van der Waals surface area (Å²) in [6.45, 7) is 7.57. The van der Waals surface area contributed by atoms with Crippen molar-refractivity contribution < 1.29 is 18.8 Å². The smallest absolute Gasteiger partial charge is 0.306 e. The first kappa shape index (κ1) is 22.9. The highest BCUT2D eigenvalue weighted by Crippen LogP contribution is 2.18. The number of hydrogen-bond acceptors (Lipinski definition) is 8. The summed E-state index contributed by atoms with van der Waals surface area (Å²) in [5, 5.41) is 7.10. The molecular weight excluding hydrogens is 392 g/mol. The van der Waals surface area contributed by atoms with Gasteiger partial charge in [-0.15, -0.1) is 0 Å². The number of hydrogen-bond donors (Lipinski definition) is 1. The summed E-state index contributed by atoms with van der Waals surface area (Å²) in [5.74, 6) is 0.0654. The first-order valence-electron chi connectivity index (χ1n) is 9.65. The zero-order valence-electron chi connectivity index (χ0n) is 17.6. The Morgan fingerprint density at radius 1 is 1.24 bits per heavy atom. The summed E-state index contributed by atoms with van der Waals surface area (Å²) in [6.07, 6.45) is 3.80. The van der Waals surface area contributed by atoms with Crippen molar-refractivity contribution in [2.75, 3.05) is 11.6 Å². The second-order valence-corrected chi connectivity index (χ2v) is 7.57. The molecule has 29 heavy (non-hydrogen) atoms. The number of rotatable bonds is 10. The first-order valence-corrected chi connectivity index (χ1v) is 10.9. The average Bonchev–Trinajstić information content (AvgIpc) is 3.08. The molecule has 0 aromatic carbocycles.